The molecule has 0 aliphatic heterocycles. The fourth-order valence-electron chi connectivity index (χ4n) is 2.69. The van der Waals surface area contributed by atoms with Crippen LogP contribution in [-0.4, -0.2) is 22.6 Å². The van der Waals surface area contributed by atoms with Crippen molar-refractivity contribution in [2.24, 2.45) is 0 Å². The molecule has 2 aromatic heterocycles. The highest BCUT2D eigenvalue weighted by Crippen LogP contribution is 2.25. The van der Waals surface area contributed by atoms with Crippen molar-refractivity contribution in [1.29, 1.82) is 0 Å². The van der Waals surface area contributed by atoms with Gasteiger partial charge < -0.3 is 10.4 Å². The number of aromatic nitrogens is 1. The number of carboxylic acid groups (broad SMARTS) is 1. The maximum atomic E-state index is 11.4. The van der Waals surface area contributed by atoms with E-state index in [1.54, 1.807) is 17.4 Å². The number of aryl methyl sites for hydroxylation is 2. The van der Waals surface area contributed by atoms with E-state index >= 15 is 0 Å². The lowest BCUT2D eigenvalue weighted by atomic mass is 9.94. The van der Waals surface area contributed by atoms with Crippen molar-refractivity contribution >= 4 is 23.1 Å². The van der Waals surface area contributed by atoms with Crippen LogP contribution in [0.25, 0.3) is 0 Å². The van der Waals surface area contributed by atoms with Gasteiger partial charge in [-0.15, -0.1) is 11.3 Å². The van der Waals surface area contributed by atoms with E-state index in [0.29, 0.717) is 17.9 Å². The lowest BCUT2D eigenvalue weighted by Crippen LogP contribution is -2.15. The number of pyridine rings is 1. The van der Waals surface area contributed by atoms with Crippen LogP contribution >= 0.6 is 11.3 Å². The van der Waals surface area contributed by atoms with E-state index in [0.717, 1.165) is 43.4 Å². The number of fused-ring (bicyclic) bond motifs is 1. The number of nitrogens with zero attached hydrogens (tertiary/aromatic N) is 1. The topological polar surface area (TPSA) is 62.2 Å². The Bertz CT molecular complexity index is 638. The van der Waals surface area contributed by atoms with Crippen LogP contribution < -0.4 is 5.32 Å². The minimum atomic E-state index is -0.908. The average Bonchev–Trinajstić information content (AvgIpc) is 2.99. The van der Waals surface area contributed by atoms with Crippen molar-refractivity contribution in [2.75, 3.05) is 11.9 Å². The third-order valence-corrected chi connectivity index (χ3v) is 4.71. The van der Waals surface area contributed by atoms with Crippen molar-refractivity contribution in [2.45, 2.75) is 32.1 Å². The number of aromatic carboxylic acids is 1. The molecule has 21 heavy (non-hydrogen) atoms. The molecule has 0 amide bonds. The third-order valence-electron chi connectivity index (χ3n) is 3.78. The van der Waals surface area contributed by atoms with Gasteiger partial charge in [-0.05, 0) is 55.2 Å². The molecule has 0 saturated heterocycles. The summed E-state index contributed by atoms with van der Waals surface area (Å²) >= 11 is 1.71. The van der Waals surface area contributed by atoms with Crippen LogP contribution in [0.5, 0.6) is 0 Å². The number of rotatable bonds is 5. The summed E-state index contributed by atoms with van der Waals surface area (Å²) in [6.45, 7) is 0.701. The largest absolute Gasteiger partial charge is 0.478 e. The molecule has 2 heterocycles. The van der Waals surface area contributed by atoms with Crippen molar-refractivity contribution in [3.8, 4) is 0 Å². The van der Waals surface area contributed by atoms with Gasteiger partial charge in [0.2, 0.25) is 0 Å². The standard InChI is InChI=1S/C16H18N2O2S/c19-16(20)13-10-11-4-1-2-6-14(11)18-15(13)17-8-7-12-5-3-9-21-12/h3,5,9-10H,1-2,4,6-8H2,(H,17,18)(H,19,20). The Hall–Kier alpha value is -1.88. The summed E-state index contributed by atoms with van der Waals surface area (Å²) in [4.78, 5) is 17.3. The molecular formula is C16H18N2O2S. The Labute approximate surface area is 127 Å². The van der Waals surface area contributed by atoms with Crippen molar-refractivity contribution in [1.82, 2.24) is 4.98 Å². The molecule has 5 heteroatoms. The van der Waals surface area contributed by atoms with Gasteiger partial charge in [0, 0.05) is 17.1 Å². The molecule has 0 saturated carbocycles. The number of nitrogens with one attached hydrogen (secondary N) is 1. The Morgan fingerprint density at radius 1 is 1.38 bits per heavy atom. The van der Waals surface area contributed by atoms with E-state index in [2.05, 4.69) is 21.7 Å². The van der Waals surface area contributed by atoms with Crippen LogP contribution in [0.4, 0.5) is 5.82 Å². The second kappa shape index (κ2) is 6.26. The summed E-state index contributed by atoms with van der Waals surface area (Å²) in [5, 5.41) is 14.6. The maximum absolute atomic E-state index is 11.4. The van der Waals surface area contributed by atoms with Gasteiger partial charge in [-0.3, -0.25) is 0 Å². The summed E-state index contributed by atoms with van der Waals surface area (Å²) in [6, 6.07) is 5.92. The van der Waals surface area contributed by atoms with Gasteiger partial charge in [-0.25, -0.2) is 9.78 Å². The number of thiophene rings is 1. The highest BCUT2D eigenvalue weighted by molar-refractivity contribution is 7.09. The van der Waals surface area contributed by atoms with E-state index in [9.17, 15) is 9.90 Å². The minimum Gasteiger partial charge on any atom is -0.478 e. The van der Waals surface area contributed by atoms with Gasteiger partial charge in [0.15, 0.2) is 0 Å². The second-order valence-corrected chi connectivity index (χ2v) is 6.29. The summed E-state index contributed by atoms with van der Waals surface area (Å²) in [5.74, 6) is -0.394. The molecule has 1 aliphatic rings. The highest BCUT2D eigenvalue weighted by Gasteiger charge is 2.18. The Morgan fingerprint density at radius 3 is 3.00 bits per heavy atom. The number of hydrogen-bond donors (Lipinski definition) is 2. The van der Waals surface area contributed by atoms with E-state index in [1.807, 2.05) is 6.07 Å². The normalized spacial score (nSPS) is 13.7. The molecule has 0 atom stereocenters. The minimum absolute atomic E-state index is 0.293. The zero-order chi connectivity index (χ0) is 14.7. The molecule has 2 N–H and O–H groups in total. The Balaban J connectivity index is 1.77. The van der Waals surface area contributed by atoms with Gasteiger partial charge >= 0.3 is 5.97 Å². The predicted octanol–water partition coefficient (Wildman–Crippen LogP) is 3.37. The molecular weight excluding hydrogens is 284 g/mol. The molecule has 0 fully saturated rings. The van der Waals surface area contributed by atoms with E-state index in [4.69, 9.17) is 0 Å². The Morgan fingerprint density at radius 2 is 2.24 bits per heavy atom. The second-order valence-electron chi connectivity index (χ2n) is 5.26. The lowest BCUT2D eigenvalue weighted by molar-refractivity contribution is 0.0697. The van der Waals surface area contributed by atoms with Crippen molar-refractivity contribution in [3.05, 3.63) is 45.3 Å². The van der Waals surface area contributed by atoms with Gasteiger partial charge in [-0.2, -0.15) is 0 Å². The maximum Gasteiger partial charge on any atom is 0.339 e. The van der Waals surface area contributed by atoms with E-state index in [-0.39, 0.29) is 0 Å². The van der Waals surface area contributed by atoms with Crippen molar-refractivity contribution < 1.29 is 9.90 Å². The first-order chi connectivity index (χ1) is 10.2. The zero-order valence-corrected chi connectivity index (χ0v) is 12.6. The van der Waals surface area contributed by atoms with Crippen LogP contribution in [0.1, 0.15) is 39.3 Å². The fourth-order valence-corrected chi connectivity index (χ4v) is 3.40. The van der Waals surface area contributed by atoms with Gasteiger partial charge in [0.1, 0.15) is 11.4 Å². The molecule has 4 nitrogen and oxygen atoms in total. The van der Waals surface area contributed by atoms with Gasteiger partial charge in [0.25, 0.3) is 0 Å². The van der Waals surface area contributed by atoms with Crippen molar-refractivity contribution in [3.63, 3.8) is 0 Å². The van der Waals surface area contributed by atoms with E-state index < -0.39 is 5.97 Å². The molecule has 0 spiro atoms. The summed E-state index contributed by atoms with van der Waals surface area (Å²) < 4.78 is 0. The van der Waals surface area contributed by atoms with Gasteiger partial charge in [0.05, 0.1) is 0 Å². The number of anilines is 1. The fraction of sp³-hybridized carbons (Fsp3) is 0.375. The smallest absolute Gasteiger partial charge is 0.339 e. The first-order valence-corrected chi connectivity index (χ1v) is 8.14. The number of carbonyl (C=O) groups is 1. The number of carboxylic acids is 1. The summed E-state index contributed by atoms with van der Waals surface area (Å²) in [7, 11) is 0. The van der Waals surface area contributed by atoms with Crippen LogP contribution in [0.3, 0.4) is 0 Å². The quantitative estimate of drug-likeness (QED) is 0.889. The third kappa shape index (κ3) is 3.24. The van der Waals surface area contributed by atoms with Crippen LogP contribution in [0, 0.1) is 0 Å². The first-order valence-electron chi connectivity index (χ1n) is 7.26. The van der Waals surface area contributed by atoms with Crippen LogP contribution in [-0.2, 0) is 19.3 Å². The molecule has 0 unspecified atom stereocenters. The molecule has 1 aliphatic carbocycles. The molecule has 110 valence electrons. The van der Waals surface area contributed by atoms with Gasteiger partial charge in [-0.1, -0.05) is 6.07 Å². The molecule has 0 radical (unpaired) electrons. The predicted molar refractivity (Wildman–Crippen MR) is 84.4 cm³/mol. The monoisotopic (exact) mass is 302 g/mol. The van der Waals surface area contributed by atoms with E-state index in [1.165, 1.54) is 4.88 Å². The van der Waals surface area contributed by atoms with Crippen LogP contribution in [0.15, 0.2) is 23.6 Å². The first kappa shape index (κ1) is 14.1. The molecule has 0 bridgehead atoms. The summed E-state index contributed by atoms with van der Waals surface area (Å²) in [6.07, 6.45) is 5.04. The summed E-state index contributed by atoms with van der Waals surface area (Å²) in [5.41, 5.74) is 2.45. The SMILES string of the molecule is O=C(O)c1cc2c(nc1NCCc1cccs1)CCCC2. The Kier molecular flexibility index (Phi) is 4.20. The zero-order valence-electron chi connectivity index (χ0n) is 11.8. The molecule has 0 aromatic carbocycles. The molecule has 2 aromatic rings. The van der Waals surface area contributed by atoms with Crippen LogP contribution in [0.2, 0.25) is 0 Å². The highest BCUT2D eigenvalue weighted by atomic mass is 32.1. The molecule has 3 rings (SSSR count). The number of hydrogen-bond acceptors (Lipinski definition) is 4. The average molecular weight is 302 g/mol. The lowest BCUT2D eigenvalue weighted by Gasteiger charge is -2.18.